The molecule has 5 heteroatoms. The summed E-state index contributed by atoms with van der Waals surface area (Å²) in [6.07, 6.45) is 5.48. The van der Waals surface area contributed by atoms with Gasteiger partial charge in [0.2, 0.25) is 5.91 Å². The van der Waals surface area contributed by atoms with Gasteiger partial charge in [-0.3, -0.25) is 4.79 Å². The SMILES string of the molecule is CCCC(CN)C(=O)NCc1cnn(-c2ccccc2)c1. The van der Waals surface area contributed by atoms with Crippen LogP contribution in [0.4, 0.5) is 0 Å². The van der Waals surface area contributed by atoms with Crippen molar-refractivity contribution in [1.29, 1.82) is 0 Å². The fourth-order valence-electron chi connectivity index (χ4n) is 2.21. The van der Waals surface area contributed by atoms with Gasteiger partial charge in [-0.05, 0) is 18.6 Å². The Morgan fingerprint density at radius 3 is 2.81 bits per heavy atom. The minimum absolute atomic E-state index is 0.0202. The van der Waals surface area contributed by atoms with Gasteiger partial charge in [0, 0.05) is 24.8 Å². The summed E-state index contributed by atoms with van der Waals surface area (Å²) >= 11 is 0. The summed E-state index contributed by atoms with van der Waals surface area (Å²) in [6.45, 7) is 2.93. The molecule has 5 nitrogen and oxygen atoms in total. The Kier molecular flexibility index (Phi) is 5.51. The summed E-state index contributed by atoms with van der Waals surface area (Å²) in [5.41, 5.74) is 7.60. The van der Waals surface area contributed by atoms with Crippen LogP contribution >= 0.6 is 0 Å². The van der Waals surface area contributed by atoms with Gasteiger partial charge < -0.3 is 11.1 Å². The minimum Gasteiger partial charge on any atom is -0.352 e. The average Bonchev–Trinajstić information content (AvgIpc) is 3.00. The number of hydrogen-bond donors (Lipinski definition) is 2. The van der Waals surface area contributed by atoms with Crippen LogP contribution in [-0.4, -0.2) is 22.2 Å². The molecule has 21 heavy (non-hydrogen) atoms. The first kappa shape index (κ1) is 15.3. The van der Waals surface area contributed by atoms with E-state index in [1.807, 2.05) is 36.5 Å². The number of hydrogen-bond acceptors (Lipinski definition) is 3. The number of nitrogens with two attached hydrogens (primary N) is 1. The molecule has 0 spiro atoms. The third kappa shape index (κ3) is 4.16. The summed E-state index contributed by atoms with van der Waals surface area (Å²) in [4.78, 5) is 12.0. The average molecular weight is 286 g/mol. The molecule has 2 aromatic rings. The van der Waals surface area contributed by atoms with Crippen molar-refractivity contribution in [2.24, 2.45) is 11.7 Å². The van der Waals surface area contributed by atoms with Crippen molar-refractivity contribution >= 4 is 5.91 Å². The molecule has 112 valence electrons. The van der Waals surface area contributed by atoms with Crippen LogP contribution in [0, 0.1) is 5.92 Å². The zero-order valence-electron chi connectivity index (χ0n) is 12.3. The maximum absolute atomic E-state index is 12.0. The van der Waals surface area contributed by atoms with Crippen molar-refractivity contribution in [1.82, 2.24) is 15.1 Å². The van der Waals surface area contributed by atoms with E-state index in [0.717, 1.165) is 24.1 Å². The lowest BCUT2D eigenvalue weighted by Gasteiger charge is -2.13. The summed E-state index contributed by atoms with van der Waals surface area (Å²) in [6, 6.07) is 9.88. The lowest BCUT2D eigenvalue weighted by molar-refractivity contribution is -0.125. The van der Waals surface area contributed by atoms with Crippen molar-refractivity contribution < 1.29 is 4.79 Å². The van der Waals surface area contributed by atoms with Crippen LogP contribution < -0.4 is 11.1 Å². The number of para-hydroxylation sites is 1. The predicted molar refractivity (Wildman–Crippen MR) is 82.9 cm³/mol. The highest BCUT2D eigenvalue weighted by Gasteiger charge is 2.15. The molecule has 1 heterocycles. The molecule has 2 rings (SSSR count). The monoisotopic (exact) mass is 286 g/mol. The smallest absolute Gasteiger partial charge is 0.224 e. The van der Waals surface area contributed by atoms with E-state index in [4.69, 9.17) is 5.73 Å². The van der Waals surface area contributed by atoms with Gasteiger partial charge in [0.05, 0.1) is 17.8 Å². The lowest BCUT2D eigenvalue weighted by Crippen LogP contribution is -2.34. The van der Waals surface area contributed by atoms with Crippen LogP contribution in [0.2, 0.25) is 0 Å². The van der Waals surface area contributed by atoms with E-state index in [9.17, 15) is 4.79 Å². The zero-order valence-corrected chi connectivity index (χ0v) is 12.3. The lowest BCUT2D eigenvalue weighted by atomic mass is 10.0. The minimum atomic E-state index is -0.0980. The van der Waals surface area contributed by atoms with Crippen LogP contribution in [0.15, 0.2) is 42.7 Å². The Morgan fingerprint density at radius 1 is 1.38 bits per heavy atom. The number of nitrogens with zero attached hydrogens (tertiary/aromatic N) is 2. The van der Waals surface area contributed by atoms with Gasteiger partial charge in [0.15, 0.2) is 0 Å². The van der Waals surface area contributed by atoms with Crippen molar-refractivity contribution in [2.45, 2.75) is 26.3 Å². The van der Waals surface area contributed by atoms with Crippen molar-refractivity contribution in [3.8, 4) is 5.69 Å². The summed E-state index contributed by atoms with van der Waals surface area (Å²) in [5, 5.41) is 7.23. The summed E-state index contributed by atoms with van der Waals surface area (Å²) in [7, 11) is 0. The molecule has 0 fully saturated rings. The van der Waals surface area contributed by atoms with Gasteiger partial charge >= 0.3 is 0 Å². The first-order chi connectivity index (χ1) is 10.2. The van der Waals surface area contributed by atoms with Gasteiger partial charge in [0.1, 0.15) is 0 Å². The van der Waals surface area contributed by atoms with Crippen molar-refractivity contribution in [3.05, 3.63) is 48.3 Å². The molecule has 0 aliphatic heterocycles. The molecular weight excluding hydrogens is 264 g/mol. The van der Waals surface area contributed by atoms with Gasteiger partial charge in [-0.2, -0.15) is 5.10 Å². The third-order valence-electron chi connectivity index (χ3n) is 3.42. The second-order valence-corrected chi connectivity index (χ2v) is 5.07. The first-order valence-corrected chi connectivity index (χ1v) is 7.31. The van der Waals surface area contributed by atoms with E-state index in [2.05, 4.69) is 17.3 Å². The van der Waals surface area contributed by atoms with Gasteiger partial charge in [-0.25, -0.2) is 4.68 Å². The summed E-state index contributed by atoms with van der Waals surface area (Å²) in [5.74, 6) is -0.0778. The number of carbonyl (C=O) groups excluding carboxylic acids is 1. The molecule has 1 atom stereocenters. The zero-order chi connectivity index (χ0) is 15.1. The quantitative estimate of drug-likeness (QED) is 0.816. The molecule has 0 saturated carbocycles. The van der Waals surface area contributed by atoms with E-state index < -0.39 is 0 Å². The Labute approximate surface area is 125 Å². The molecule has 1 aromatic carbocycles. The Morgan fingerprint density at radius 2 is 2.14 bits per heavy atom. The Balaban J connectivity index is 1.93. The predicted octanol–water partition coefficient (Wildman–Crippen LogP) is 1.86. The van der Waals surface area contributed by atoms with Gasteiger partial charge in [0.25, 0.3) is 0 Å². The van der Waals surface area contributed by atoms with Crippen LogP contribution in [0.25, 0.3) is 5.69 Å². The Hall–Kier alpha value is -2.14. The van der Waals surface area contributed by atoms with E-state index in [1.165, 1.54) is 0 Å². The second-order valence-electron chi connectivity index (χ2n) is 5.07. The molecular formula is C16H22N4O. The highest BCUT2D eigenvalue weighted by Crippen LogP contribution is 2.08. The molecule has 0 aliphatic rings. The largest absolute Gasteiger partial charge is 0.352 e. The van der Waals surface area contributed by atoms with Crippen LogP contribution in [0.5, 0.6) is 0 Å². The highest BCUT2D eigenvalue weighted by molar-refractivity contribution is 5.78. The summed E-state index contributed by atoms with van der Waals surface area (Å²) < 4.78 is 1.80. The molecule has 1 amide bonds. The number of carbonyl (C=O) groups is 1. The van der Waals surface area contributed by atoms with Gasteiger partial charge in [-0.15, -0.1) is 0 Å². The fourth-order valence-corrected chi connectivity index (χ4v) is 2.21. The number of amides is 1. The molecule has 0 bridgehead atoms. The third-order valence-corrected chi connectivity index (χ3v) is 3.42. The normalized spacial score (nSPS) is 12.1. The Bertz CT molecular complexity index is 565. The topological polar surface area (TPSA) is 72.9 Å². The molecule has 0 aliphatic carbocycles. The molecule has 0 radical (unpaired) electrons. The van der Waals surface area contributed by atoms with E-state index >= 15 is 0 Å². The van der Waals surface area contributed by atoms with Crippen molar-refractivity contribution in [3.63, 3.8) is 0 Å². The first-order valence-electron chi connectivity index (χ1n) is 7.31. The molecule has 1 aromatic heterocycles. The van der Waals surface area contributed by atoms with Crippen LogP contribution in [-0.2, 0) is 11.3 Å². The van der Waals surface area contributed by atoms with E-state index in [0.29, 0.717) is 13.1 Å². The fraction of sp³-hybridized carbons (Fsp3) is 0.375. The maximum Gasteiger partial charge on any atom is 0.224 e. The molecule has 3 N–H and O–H groups in total. The highest BCUT2D eigenvalue weighted by atomic mass is 16.1. The van der Waals surface area contributed by atoms with Gasteiger partial charge in [-0.1, -0.05) is 31.5 Å². The van der Waals surface area contributed by atoms with Crippen molar-refractivity contribution in [2.75, 3.05) is 6.54 Å². The maximum atomic E-state index is 12.0. The second kappa shape index (κ2) is 7.59. The van der Waals surface area contributed by atoms with E-state index in [1.54, 1.807) is 10.9 Å². The molecule has 1 unspecified atom stereocenters. The van der Waals surface area contributed by atoms with E-state index in [-0.39, 0.29) is 11.8 Å². The number of rotatable bonds is 7. The number of nitrogens with one attached hydrogen (secondary N) is 1. The molecule has 0 saturated heterocycles. The van der Waals surface area contributed by atoms with Crippen LogP contribution in [0.3, 0.4) is 0 Å². The van der Waals surface area contributed by atoms with Crippen LogP contribution in [0.1, 0.15) is 25.3 Å². The number of benzene rings is 1. The standard InChI is InChI=1S/C16H22N4O/c1-2-6-14(9-17)16(21)18-10-13-11-19-20(12-13)15-7-4-3-5-8-15/h3-5,7-8,11-12,14H,2,6,9-10,17H2,1H3,(H,18,21). The number of aromatic nitrogens is 2.